The van der Waals surface area contributed by atoms with Crippen molar-refractivity contribution in [3.63, 3.8) is 0 Å². The number of hydrogen-bond donors (Lipinski definition) is 2. The topological polar surface area (TPSA) is 66.4 Å². The van der Waals surface area contributed by atoms with E-state index < -0.39 is 27.5 Å². The van der Waals surface area contributed by atoms with Crippen LogP contribution < -0.4 is 4.72 Å². The third kappa shape index (κ3) is 5.25. The summed E-state index contributed by atoms with van der Waals surface area (Å²) in [5.74, 6) is -0.392. The van der Waals surface area contributed by atoms with Crippen LogP contribution in [0.1, 0.15) is 12.0 Å². The van der Waals surface area contributed by atoms with E-state index in [0.717, 1.165) is 6.07 Å². The highest BCUT2D eigenvalue weighted by atomic mass is 35.5. The molecule has 0 saturated heterocycles. The number of halogens is 4. The third-order valence-electron chi connectivity index (χ3n) is 2.07. The SMILES string of the molecule is O=S(=O)(CCCO)Nc1cc(Cl)cc(C(F)(F)F)c1. The van der Waals surface area contributed by atoms with Gasteiger partial charge in [-0.05, 0) is 24.6 Å². The minimum Gasteiger partial charge on any atom is -0.396 e. The van der Waals surface area contributed by atoms with E-state index in [9.17, 15) is 21.6 Å². The quantitative estimate of drug-likeness (QED) is 0.877. The molecule has 0 spiro atoms. The zero-order chi connectivity index (χ0) is 14.7. The number of hydrogen-bond acceptors (Lipinski definition) is 3. The van der Waals surface area contributed by atoms with Gasteiger partial charge in [-0.15, -0.1) is 0 Å². The maximum Gasteiger partial charge on any atom is 0.416 e. The fraction of sp³-hybridized carbons (Fsp3) is 0.400. The van der Waals surface area contributed by atoms with Crippen LogP contribution in [0.3, 0.4) is 0 Å². The van der Waals surface area contributed by atoms with Crippen molar-refractivity contribution < 1.29 is 26.7 Å². The molecular weight excluding hydrogens is 307 g/mol. The van der Waals surface area contributed by atoms with Crippen LogP contribution in [0.2, 0.25) is 5.02 Å². The summed E-state index contributed by atoms with van der Waals surface area (Å²) in [6.07, 6.45) is -4.63. The Labute approximate surface area is 113 Å². The van der Waals surface area contributed by atoms with E-state index >= 15 is 0 Å². The number of sulfonamides is 1. The monoisotopic (exact) mass is 317 g/mol. The molecule has 0 radical (unpaired) electrons. The average molecular weight is 318 g/mol. The molecule has 0 aliphatic carbocycles. The first-order valence-corrected chi connectivity index (χ1v) is 7.16. The lowest BCUT2D eigenvalue weighted by atomic mass is 10.2. The smallest absolute Gasteiger partial charge is 0.396 e. The Kier molecular flexibility index (Phi) is 5.05. The lowest BCUT2D eigenvalue weighted by molar-refractivity contribution is -0.137. The molecule has 9 heteroatoms. The summed E-state index contributed by atoms with van der Waals surface area (Å²) in [6, 6.07) is 2.43. The summed E-state index contributed by atoms with van der Waals surface area (Å²) in [6.45, 7) is -0.329. The van der Waals surface area contributed by atoms with E-state index in [1.807, 2.05) is 4.72 Å². The maximum absolute atomic E-state index is 12.5. The third-order valence-corrected chi connectivity index (χ3v) is 3.66. The van der Waals surface area contributed by atoms with Gasteiger partial charge in [0.1, 0.15) is 0 Å². The van der Waals surface area contributed by atoms with Gasteiger partial charge in [-0.1, -0.05) is 11.6 Å². The Morgan fingerprint density at radius 3 is 2.42 bits per heavy atom. The van der Waals surface area contributed by atoms with E-state index in [1.54, 1.807) is 0 Å². The molecule has 4 nitrogen and oxygen atoms in total. The standard InChI is InChI=1S/C10H11ClF3NO3S/c11-8-4-7(10(12,13)14)5-9(6-8)15-19(17,18)3-1-2-16/h4-6,15-16H,1-3H2. The molecule has 0 aliphatic rings. The van der Waals surface area contributed by atoms with Crippen LogP contribution in [-0.2, 0) is 16.2 Å². The number of anilines is 1. The number of benzene rings is 1. The van der Waals surface area contributed by atoms with Gasteiger partial charge in [0.05, 0.1) is 17.0 Å². The van der Waals surface area contributed by atoms with Gasteiger partial charge in [-0.25, -0.2) is 8.42 Å². The average Bonchev–Trinajstić information content (AvgIpc) is 2.23. The van der Waals surface area contributed by atoms with Gasteiger partial charge in [-0.2, -0.15) is 13.2 Å². The van der Waals surface area contributed by atoms with Crippen molar-refractivity contribution in [1.82, 2.24) is 0 Å². The Bertz CT molecular complexity index is 545. The first kappa shape index (κ1) is 16.1. The molecule has 19 heavy (non-hydrogen) atoms. The number of aliphatic hydroxyl groups excluding tert-OH is 1. The zero-order valence-electron chi connectivity index (χ0n) is 9.54. The van der Waals surface area contributed by atoms with Crippen LogP contribution in [0.25, 0.3) is 0 Å². The highest BCUT2D eigenvalue weighted by Gasteiger charge is 2.31. The predicted octanol–water partition coefficient (Wildman–Crippen LogP) is 2.48. The second-order valence-corrected chi connectivity index (χ2v) is 6.00. The molecule has 0 atom stereocenters. The van der Waals surface area contributed by atoms with Crippen molar-refractivity contribution in [3.8, 4) is 0 Å². The molecule has 0 saturated carbocycles. The van der Waals surface area contributed by atoms with Gasteiger partial charge in [0, 0.05) is 11.6 Å². The summed E-state index contributed by atoms with van der Waals surface area (Å²) < 4.78 is 62.5. The van der Waals surface area contributed by atoms with E-state index in [0.29, 0.717) is 12.1 Å². The van der Waals surface area contributed by atoms with Gasteiger partial charge >= 0.3 is 6.18 Å². The summed E-state index contributed by atoms with van der Waals surface area (Å²) >= 11 is 5.51. The van der Waals surface area contributed by atoms with E-state index in [4.69, 9.17) is 16.7 Å². The zero-order valence-corrected chi connectivity index (χ0v) is 11.1. The summed E-state index contributed by atoms with van der Waals surface area (Å²) in [5.41, 5.74) is -1.31. The normalized spacial score (nSPS) is 12.5. The van der Waals surface area contributed by atoms with Crippen LogP contribution in [-0.4, -0.2) is 25.9 Å². The highest BCUT2D eigenvalue weighted by molar-refractivity contribution is 7.92. The molecule has 0 heterocycles. The molecule has 0 bridgehead atoms. The van der Waals surface area contributed by atoms with Gasteiger partial charge < -0.3 is 5.11 Å². The Morgan fingerprint density at radius 2 is 1.89 bits per heavy atom. The Morgan fingerprint density at radius 1 is 1.26 bits per heavy atom. The minimum atomic E-state index is -4.61. The van der Waals surface area contributed by atoms with E-state index in [-0.39, 0.29) is 23.7 Å². The van der Waals surface area contributed by atoms with Crippen LogP contribution in [0.15, 0.2) is 18.2 Å². The van der Waals surface area contributed by atoms with Crippen molar-refractivity contribution >= 4 is 27.3 Å². The lowest BCUT2D eigenvalue weighted by Gasteiger charge is -2.12. The number of rotatable bonds is 5. The summed E-state index contributed by atoms with van der Waals surface area (Å²) in [7, 11) is -3.81. The predicted molar refractivity (Wildman–Crippen MR) is 65.6 cm³/mol. The number of aliphatic hydroxyl groups is 1. The molecule has 1 aromatic carbocycles. The molecule has 0 fully saturated rings. The lowest BCUT2D eigenvalue weighted by Crippen LogP contribution is -2.18. The van der Waals surface area contributed by atoms with Gasteiger partial charge in [-0.3, -0.25) is 4.72 Å². The van der Waals surface area contributed by atoms with Crippen LogP contribution >= 0.6 is 11.6 Å². The number of alkyl halides is 3. The number of nitrogens with one attached hydrogen (secondary N) is 1. The van der Waals surface area contributed by atoms with Gasteiger partial charge in [0.2, 0.25) is 10.0 Å². The molecular formula is C10H11ClF3NO3S. The first-order valence-electron chi connectivity index (χ1n) is 5.13. The minimum absolute atomic E-state index is 0.0119. The molecule has 0 amide bonds. The maximum atomic E-state index is 12.5. The molecule has 108 valence electrons. The highest BCUT2D eigenvalue weighted by Crippen LogP contribution is 2.33. The summed E-state index contributed by atoms with van der Waals surface area (Å²) in [4.78, 5) is 0. The Hall–Kier alpha value is -0.990. The van der Waals surface area contributed by atoms with E-state index in [2.05, 4.69) is 0 Å². The van der Waals surface area contributed by atoms with E-state index in [1.165, 1.54) is 0 Å². The molecule has 0 aromatic heterocycles. The van der Waals surface area contributed by atoms with Crippen LogP contribution in [0.4, 0.5) is 18.9 Å². The van der Waals surface area contributed by atoms with Crippen molar-refractivity contribution in [2.45, 2.75) is 12.6 Å². The fourth-order valence-electron chi connectivity index (χ4n) is 1.30. The second-order valence-electron chi connectivity index (χ2n) is 3.72. The summed E-state index contributed by atoms with van der Waals surface area (Å²) in [5, 5.41) is 8.30. The molecule has 2 N–H and O–H groups in total. The van der Waals surface area contributed by atoms with Gasteiger partial charge in [0.25, 0.3) is 0 Å². The molecule has 1 rings (SSSR count). The molecule has 0 unspecified atom stereocenters. The van der Waals surface area contributed by atoms with Gasteiger partial charge in [0.15, 0.2) is 0 Å². The van der Waals surface area contributed by atoms with Crippen molar-refractivity contribution in [1.29, 1.82) is 0 Å². The fourth-order valence-corrected chi connectivity index (χ4v) is 2.62. The van der Waals surface area contributed by atoms with Crippen molar-refractivity contribution in [2.24, 2.45) is 0 Å². The Balaban J connectivity index is 2.99. The molecule has 0 aliphatic heterocycles. The van der Waals surface area contributed by atoms with Crippen LogP contribution in [0, 0.1) is 0 Å². The second kappa shape index (κ2) is 5.98. The molecule has 1 aromatic rings. The van der Waals surface area contributed by atoms with Crippen molar-refractivity contribution in [3.05, 3.63) is 28.8 Å². The largest absolute Gasteiger partial charge is 0.416 e. The van der Waals surface area contributed by atoms with Crippen LogP contribution in [0.5, 0.6) is 0 Å². The van der Waals surface area contributed by atoms with Crippen molar-refractivity contribution in [2.75, 3.05) is 17.1 Å². The first-order chi connectivity index (χ1) is 8.64.